The minimum absolute atomic E-state index is 0.0456. The standard InChI is InChI=1S/C12H15NO/c1-3-13-12(14)9-8-11-7-5-4-6-10(11)2/h4-9H,3H2,1-2H3,(H,13,14)/b9-8+. The SMILES string of the molecule is CCNC(=O)/C=C/c1ccccc1C. The Morgan fingerprint density at radius 3 is 2.79 bits per heavy atom. The van der Waals surface area contributed by atoms with Crippen LogP contribution in [-0.2, 0) is 4.79 Å². The summed E-state index contributed by atoms with van der Waals surface area (Å²) in [5.41, 5.74) is 2.26. The Hall–Kier alpha value is -1.57. The predicted octanol–water partition coefficient (Wildman–Crippen LogP) is 2.14. The van der Waals surface area contributed by atoms with Gasteiger partial charge >= 0.3 is 0 Å². The van der Waals surface area contributed by atoms with Gasteiger partial charge in [-0.2, -0.15) is 0 Å². The third-order valence-electron chi connectivity index (χ3n) is 1.95. The summed E-state index contributed by atoms with van der Waals surface area (Å²) in [5, 5.41) is 2.71. The van der Waals surface area contributed by atoms with Gasteiger partial charge in [0, 0.05) is 12.6 Å². The molecule has 1 N–H and O–H groups in total. The maximum absolute atomic E-state index is 11.1. The highest BCUT2D eigenvalue weighted by atomic mass is 16.1. The molecule has 14 heavy (non-hydrogen) atoms. The fraction of sp³-hybridized carbons (Fsp3) is 0.250. The van der Waals surface area contributed by atoms with E-state index in [1.165, 1.54) is 5.56 Å². The second-order valence-corrected chi connectivity index (χ2v) is 3.08. The number of hydrogen-bond donors (Lipinski definition) is 1. The molecule has 0 atom stereocenters. The molecule has 1 rings (SSSR count). The van der Waals surface area contributed by atoms with E-state index in [4.69, 9.17) is 0 Å². The highest BCUT2D eigenvalue weighted by Crippen LogP contribution is 2.08. The Kier molecular flexibility index (Phi) is 3.92. The van der Waals surface area contributed by atoms with Crippen LogP contribution in [0.15, 0.2) is 30.3 Å². The Morgan fingerprint density at radius 1 is 1.43 bits per heavy atom. The lowest BCUT2D eigenvalue weighted by Crippen LogP contribution is -2.19. The zero-order chi connectivity index (χ0) is 10.4. The van der Waals surface area contributed by atoms with Crippen LogP contribution in [0.3, 0.4) is 0 Å². The van der Waals surface area contributed by atoms with E-state index in [2.05, 4.69) is 5.32 Å². The van der Waals surface area contributed by atoms with Gasteiger partial charge in [0.15, 0.2) is 0 Å². The van der Waals surface area contributed by atoms with Crippen LogP contribution in [-0.4, -0.2) is 12.5 Å². The first-order valence-corrected chi connectivity index (χ1v) is 4.75. The molecule has 0 saturated carbocycles. The van der Waals surface area contributed by atoms with Crippen molar-refractivity contribution in [2.75, 3.05) is 6.54 Å². The number of nitrogens with one attached hydrogen (secondary N) is 1. The number of carbonyl (C=O) groups is 1. The molecule has 2 nitrogen and oxygen atoms in total. The molecule has 0 saturated heterocycles. The number of benzene rings is 1. The summed E-state index contributed by atoms with van der Waals surface area (Å²) in [6, 6.07) is 7.96. The largest absolute Gasteiger partial charge is 0.353 e. The van der Waals surface area contributed by atoms with E-state index >= 15 is 0 Å². The first-order valence-electron chi connectivity index (χ1n) is 4.75. The zero-order valence-corrected chi connectivity index (χ0v) is 8.58. The van der Waals surface area contributed by atoms with Gasteiger partial charge in [-0.1, -0.05) is 24.3 Å². The molecule has 1 aromatic carbocycles. The van der Waals surface area contributed by atoms with E-state index in [0.717, 1.165) is 5.56 Å². The van der Waals surface area contributed by atoms with Crippen molar-refractivity contribution in [3.05, 3.63) is 41.5 Å². The summed E-state index contributed by atoms with van der Waals surface area (Å²) in [7, 11) is 0. The minimum Gasteiger partial charge on any atom is -0.353 e. The Labute approximate surface area is 84.6 Å². The van der Waals surface area contributed by atoms with Gasteiger partial charge in [-0.05, 0) is 31.1 Å². The molecule has 74 valence electrons. The van der Waals surface area contributed by atoms with Crippen molar-refractivity contribution in [3.63, 3.8) is 0 Å². The van der Waals surface area contributed by atoms with Gasteiger partial charge in [-0.25, -0.2) is 0 Å². The maximum atomic E-state index is 11.1. The van der Waals surface area contributed by atoms with Crippen LogP contribution in [0.4, 0.5) is 0 Å². The maximum Gasteiger partial charge on any atom is 0.243 e. The van der Waals surface area contributed by atoms with E-state index in [0.29, 0.717) is 6.54 Å². The molecular weight excluding hydrogens is 174 g/mol. The van der Waals surface area contributed by atoms with Crippen LogP contribution in [0.2, 0.25) is 0 Å². The van der Waals surface area contributed by atoms with Crippen molar-refractivity contribution in [1.29, 1.82) is 0 Å². The number of hydrogen-bond acceptors (Lipinski definition) is 1. The van der Waals surface area contributed by atoms with Gasteiger partial charge in [0.2, 0.25) is 5.91 Å². The number of likely N-dealkylation sites (N-methyl/N-ethyl adjacent to an activating group) is 1. The normalized spacial score (nSPS) is 10.4. The Balaban J connectivity index is 2.69. The number of amides is 1. The van der Waals surface area contributed by atoms with Crippen LogP contribution in [0.1, 0.15) is 18.1 Å². The molecule has 1 amide bonds. The van der Waals surface area contributed by atoms with Crippen LogP contribution in [0.25, 0.3) is 6.08 Å². The second-order valence-electron chi connectivity index (χ2n) is 3.08. The fourth-order valence-electron chi connectivity index (χ4n) is 1.17. The summed E-state index contributed by atoms with van der Waals surface area (Å²) < 4.78 is 0. The molecule has 0 spiro atoms. The molecule has 0 aromatic heterocycles. The summed E-state index contributed by atoms with van der Waals surface area (Å²) in [6.07, 6.45) is 3.40. The molecule has 1 aromatic rings. The number of aryl methyl sites for hydroxylation is 1. The third kappa shape index (κ3) is 3.05. The quantitative estimate of drug-likeness (QED) is 0.725. The van der Waals surface area contributed by atoms with Gasteiger partial charge in [0.05, 0.1) is 0 Å². The van der Waals surface area contributed by atoms with Crippen molar-refractivity contribution in [1.82, 2.24) is 5.32 Å². The lowest BCUT2D eigenvalue weighted by atomic mass is 10.1. The monoisotopic (exact) mass is 189 g/mol. The molecule has 0 aliphatic rings. The first-order chi connectivity index (χ1) is 6.74. The van der Waals surface area contributed by atoms with Crippen molar-refractivity contribution < 1.29 is 4.79 Å². The van der Waals surface area contributed by atoms with Crippen LogP contribution < -0.4 is 5.32 Å². The predicted molar refractivity (Wildman–Crippen MR) is 58.9 cm³/mol. The van der Waals surface area contributed by atoms with Crippen LogP contribution in [0.5, 0.6) is 0 Å². The zero-order valence-electron chi connectivity index (χ0n) is 8.58. The second kappa shape index (κ2) is 5.22. The molecule has 0 fully saturated rings. The highest BCUT2D eigenvalue weighted by molar-refractivity contribution is 5.91. The smallest absolute Gasteiger partial charge is 0.243 e. The molecule has 0 bridgehead atoms. The van der Waals surface area contributed by atoms with Gasteiger partial charge in [-0.15, -0.1) is 0 Å². The topological polar surface area (TPSA) is 29.1 Å². The molecule has 0 unspecified atom stereocenters. The van der Waals surface area contributed by atoms with E-state index in [1.54, 1.807) is 6.08 Å². The highest BCUT2D eigenvalue weighted by Gasteiger charge is 1.93. The van der Waals surface area contributed by atoms with E-state index < -0.39 is 0 Å². The lowest BCUT2D eigenvalue weighted by Gasteiger charge is -1.98. The van der Waals surface area contributed by atoms with Crippen molar-refractivity contribution >= 4 is 12.0 Å². The minimum atomic E-state index is -0.0456. The summed E-state index contributed by atoms with van der Waals surface area (Å²) in [4.78, 5) is 11.1. The molecular formula is C12H15NO. The average molecular weight is 189 g/mol. The molecule has 0 radical (unpaired) electrons. The Bertz CT molecular complexity index is 342. The first kappa shape index (κ1) is 10.5. The average Bonchev–Trinajstić information content (AvgIpc) is 2.17. The van der Waals surface area contributed by atoms with Gasteiger partial charge in [0.25, 0.3) is 0 Å². The van der Waals surface area contributed by atoms with Crippen molar-refractivity contribution in [2.45, 2.75) is 13.8 Å². The Morgan fingerprint density at radius 2 is 2.14 bits per heavy atom. The fourth-order valence-corrected chi connectivity index (χ4v) is 1.17. The summed E-state index contributed by atoms with van der Waals surface area (Å²) >= 11 is 0. The van der Waals surface area contributed by atoms with Crippen molar-refractivity contribution in [3.8, 4) is 0 Å². The van der Waals surface area contributed by atoms with E-state index in [1.807, 2.05) is 44.2 Å². The third-order valence-corrected chi connectivity index (χ3v) is 1.95. The lowest BCUT2D eigenvalue weighted by molar-refractivity contribution is -0.116. The number of carbonyl (C=O) groups excluding carboxylic acids is 1. The van der Waals surface area contributed by atoms with Gasteiger partial charge < -0.3 is 5.32 Å². The molecule has 0 heterocycles. The van der Waals surface area contributed by atoms with Crippen molar-refractivity contribution in [2.24, 2.45) is 0 Å². The summed E-state index contributed by atoms with van der Waals surface area (Å²) in [6.45, 7) is 4.59. The molecule has 0 aliphatic carbocycles. The van der Waals surface area contributed by atoms with Crippen LogP contribution in [0, 0.1) is 6.92 Å². The molecule has 2 heteroatoms. The molecule has 0 aliphatic heterocycles. The van der Waals surface area contributed by atoms with Crippen LogP contribution >= 0.6 is 0 Å². The summed E-state index contributed by atoms with van der Waals surface area (Å²) in [5.74, 6) is -0.0456. The van der Waals surface area contributed by atoms with E-state index in [9.17, 15) is 4.79 Å². The van der Waals surface area contributed by atoms with E-state index in [-0.39, 0.29) is 5.91 Å². The number of rotatable bonds is 3. The van der Waals surface area contributed by atoms with Gasteiger partial charge in [0.1, 0.15) is 0 Å². The van der Waals surface area contributed by atoms with Gasteiger partial charge in [-0.3, -0.25) is 4.79 Å².